The van der Waals surface area contributed by atoms with Crippen LogP contribution >= 0.6 is 0 Å². The van der Waals surface area contributed by atoms with Crippen LogP contribution in [0.5, 0.6) is 5.75 Å². The molecule has 0 aliphatic carbocycles. The van der Waals surface area contributed by atoms with E-state index in [4.69, 9.17) is 9.84 Å². The number of benzene rings is 1. The molecule has 1 N–H and O–H groups in total. The average Bonchev–Trinajstić information content (AvgIpc) is 2.41. The summed E-state index contributed by atoms with van der Waals surface area (Å²) in [4.78, 5) is 12.0. The number of aromatic nitrogens is 1. The maximum atomic E-state index is 12.0. The summed E-state index contributed by atoms with van der Waals surface area (Å²) < 4.78 is 7.21. The monoisotopic (exact) mass is 273 g/mol. The van der Waals surface area contributed by atoms with Crippen LogP contribution in [-0.2, 0) is 13.7 Å². The highest BCUT2D eigenvalue weighted by atomic mass is 16.5. The third-order valence-corrected chi connectivity index (χ3v) is 3.06. The minimum absolute atomic E-state index is 0.103. The Hall–Kier alpha value is -2.07. The lowest BCUT2D eigenvalue weighted by atomic mass is 10.1. The number of pyridine rings is 1. The molecule has 0 bridgehead atoms. The van der Waals surface area contributed by atoms with Gasteiger partial charge in [0.15, 0.2) is 0 Å². The smallest absolute Gasteiger partial charge is 0.256 e. The van der Waals surface area contributed by atoms with Crippen LogP contribution < -0.4 is 10.3 Å². The van der Waals surface area contributed by atoms with Gasteiger partial charge in [-0.2, -0.15) is 0 Å². The summed E-state index contributed by atoms with van der Waals surface area (Å²) in [5.74, 6) is 0.774. The molecule has 20 heavy (non-hydrogen) atoms. The quantitative estimate of drug-likeness (QED) is 0.930. The Labute approximate surface area is 118 Å². The Morgan fingerprint density at radius 1 is 1.25 bits per heavy atom. The summed E-state index contributed by atoms with van der Waals surface area (Å²) in [6, 6.07) is 11.1. The van der Waals surface area contributed by atoms with Gasteiger partial charge in [0.1, 0.15) is 5.75 Å². The fourth-order valence-corrected chi connectivity index (χ4v) is 2.10. The van der Waals surface area contributed by atoms with Crippen molar-refractivity contribution in [3.8, 4) is 17.0 Å². The van der Waals surface area contributed by atoms with Crippen molar-refractivity contribution >= 4 is 0 Å². The van der Waals surface area contributed by atoms with Gasteiger partial charge in [0, 0.05) is 18.2 Å². The van der Waals surface area contributed by atoms with E-state index in [1.165, 1.54) is 0 Å². The van der Waals surface area contributed by atoms with Crippen molar-refractivity contribution in [2.45, 2.75) is 26.6 Å². The number of hydrogen-bond donors (Lipinski definition) is 1. The van der Waals surface area contributed by atoms with E-state index in [1.807, 2.05) is 44.2 Å². The Morgan fingerprint density at radius 2 is 2.00 bits per heavy atom. The molecule has 0 aliphatic heterocycles. The molecule has 2 rings (SSSR count). The van der Waals surface area contributed by atoms with Gasteiger partial charge in [0.25, 0.3) is 5.56 Å². The van der Waals surface area contributed by atoms with Crippen LogP contribution in [0.1, 0.15) is 19.4 Å². The molecule has 4 heteroatoms. The molecular formula is C16H19NO3. The molecule has 0 amide bonds. The fraction of sp³-hybridized carbons (Fsp3) is 0.312. The van der Waals surface area contributed by atoms with E-state index in [-0.39, 0.29) is 18.3 Å². The first-order valence-corrected chi connectivity index (χ1v) is 6.59. The molecule has 0 unspecified atom stereocenters. The summed E-state index contributed by atoms with van der Waals surface area (Å²) >= 11 is 0. The van der Waals surface area contributed by atoms with Gasteiger partial charge in [0.2, 0.25) is 0 Å². The first kappa shape index (κ1) is 14.3. The largest absolute Gasteiger partial charge is 0.491 e. The van der Waals surface area contributed by atoms with Gasteiger partial charge >= 0.3 is 0 Å². The number of aliphatic hydroxyl groups is 1. The molecule has 1 aromatic heterocycles. The van der Waals surface area contributed by atoms with Crippen molar-refractivity contribution in [3.63, 3.8) is 0 Å². The summed E-state index contributed by atoms with van der Waals surface area (Å²) in [6.45, 7) is 3.69. The summed E-state index contributed by atoms with van der Waals surface area (Å²) in [6.07, 6.45) is 0.103. The van der Waals surface area contributed by atoms with Crippen LogP contribution in [0.15, 0.2) is 41.2 Å². The van der Waals surface area contributed by atoms with Gasteiger partial charge in [-0.25, -0.2) is 0 Å². The SMILES string of the molecule is CC(C)Oc1cccc(-c2ccc(CO)c(=O)n2C)c1. The lowest BCUT2D eigenvalue weighted by molar-refractivity contribution is 0.242. The maximum absolute atomic E-state index is 12.0. The van der Waals surface area contributed by atoms with Crippen molar-refractivity contribution in [1.82, 2.24) is 4.57 Å². The van der Waals surface area contributed by atoms with Gasteiger partial charge in [-0.1, -0.05) is 12.1 Å². The molecule has 0 aliphatic rings. The van der Waals surface area contributed by atoms with E-state index in [9.17, 15) is 4.79 Å². The van der Waals surface area contributed by atoms with Gasteiger partial charge in [-0.15, -0.1) is 0 Å². The molecule has 106 valence electrons. The van der Waals surface area contributed by atoms with Gasteiger partial charge in [0.05, 0.1) is 18.4 Å². The highest BCUT2D eigenvalue weighted by Crippen LogP contribution is 2.23. The van der Waals surface area contributed by atoms with E-state index in [2.05, 4.69) is 0 Å². The minimum atomic E-state index is -0.247. The molecule has 1 aromatic carbocycles. The summed E-state index contributed by atoms with van der Waals surface area (Å²) in [5, 5.41) is 9.11. The van der Waals surface area contributed by atoms with Gasteiger partial charge < -0.3 is 14.4 Å². The zero-order valence-corrected chi connectivity index (χ0v) is 12.0. The van der Waals surface area contributed by atoms with E-state index < -0.39 is 0 Å². The molecular weight excluding hydrogens is 254 g/mol. The van der Waals surface area contributed by atoms with E-state index in [1.54, 1.807) is 17.7 Å². The molecule has 1 heterocycles. The third kappa shape index (κ3) is 2.91. The highest BCUT2D eigenvalue weighted by Gasteiger charge is 2.08. The van der Waals surface area contributed by atoms with Gasteiger partial charge in [-0.3, -0.25) is 4.79 Å². The third-order valence-electron chi connectivity index (χ3n) is 3.06. The second-order valence-electron chi connectivity index (χ2n) is 4.96. The molecule has 2 aromatic rings. The Morgan fingerprint density at radius 3 is 2.65 bits per heavy atom. The standard InChI is InChI=1S/C16H19NO3/c1-11(2)20-14-6-4-5-12(9-14)15-8-7-13(10-18)16(19)17(15)3/h4-9,11,18H,10H2,1-3H3. The van der Waals surface area contributed by atoms with Crippen molar-refractivity contribution < 1.29 is 9.84 Å². The molecule has 4 nitrogen and oxygen atoms in total. The van der Waals surface area contributed by atoms with Crippen molar-refractivity contribution in [2.24, 2.45) is 7.05 Å². The van der Waals surface area contributed by atoms with Crippen LogP contribution in [0.3, 0.4) is 0 Å². The Balaban J connectivity index is 2.47. The second kappa shape index (κ2) is 5.92. The molecule has 0 fully saturated rings. The lowest BCUT2D eigenvalue weighted by Crippen LogP contribution is -2.22. The topological polar surface area (TPSA) is 51.5 Å². The number of aliphatic hydroxyl groups excluding tert-OH is 1. The van der Waals surface area contributed by atoms with E-state index in [0.717, 1.165) is 17.0 Å². The van der Waals surface area contributed by atoms with E-state index >= 15 is 0 Å². The molecule has 0 saturated carbocycles. The lowest BCUT2D eigenvalue weighted by Gasteiger charge is -2.13. The second-order valence-corrected chi connectivity index (χ2v) is 4.96. The predicted octanol–water partition coefficient (Wildman–Crippen LogP) is 2.33. The predicted molar refractivity (Wildman–Crippen MR) is 78.8 cm³/mol. The van der Waals surface area contributed by atoms with E-state index in [0.29, 0.717) is 5.56 Å². The normalized spacial score (nSPS) is 10.8. The molecule has 0 spiro atoms. The van der Waals surface area contributed by atoms with Crippen LogP contribution in [0.2, 0.25) is 0 Å². The first-order chi connectivity index (χ1) is 9.52. The molecule has 0 radical (unpaired) electrons. The fourth-order valence-electron chi connectivity index (χ4n) is 2.10. The van der Waals surface area contributed by atoms with Crippen molar-refractivity contribution in [3.05, 3.63) is 52.3 Å². The summed E-state index contributed by atoms with van der Waals surface area (Å²) in [5.41, 5.74) is 1.92. The number of hydrogen-bond acceptors (Lipinski definition) is 3. The zero-order valence-electron chi connectivity index (χ0n) is 12.0. The zero-order chi connectivity index (χ0) is 14.7. The first-order valence-electron chi connectivity index (χ1n) is 6.59. The minimum Gasteiger partial charge on any atom is -0.491 e. The van der Waals surface area contributed by atoms with Crippen LogP contribution in [0.25, 0.3) is 11.3 Å². The van der Waals surface area contributed by atoms with Crippen molar-refractivity contribution in [1.29, 1.82) is 0 Å². The van der Waals surface area contributed by atoms with Crippen LogP contribution in [-0.4, -0.2) is 15.8 Å². The molecule has 0 atom stereocenters. The van der Waals surface area contributed by atoms with Crippen molar-refractivity contribution in [2.75, 3.05) is 0 Å². The maximum Gasteiger partial charge on any atom is 0.256 e. The number of nitrogens with zero attached hydrogens (tertiary/aromatic N) is 1. The van der Waals surface area contributed by atoms with Gasteiger partial charge in [-0.05, 0) is 38.1 Å². The Kier molecular flexibility index (Phi) is 4.25. The average molecular weight is 273 g/mol. The summed E-state index contributed by atoms with van der Waals surface area (Å²) in [7, 11) is 1.70. The number of rotatable bonds is 4. The highest BCUT2D eigenvalue weighted by molar-refractivity contribution is 5.61. The van der Waals surface area contributed by atoms with Crippen LogP contribution in [0, 0.1) is 0 Å². The van der Waals surface area contributed by atoms with Crippen LogP contribution in [0.4, 0.5) is 0 Å². The number of ether oxygens (including phenoxy) is 1. The molecule has 0 saturated heterocycles. The Bertz CT molecular complexity index is 659.